The van der Waals surface area contributed by atoms with Crippen molar-refractivity contribution < 1.29 is 33.2 Å². The third-order valence-corrected chi connectivity index (χ3v) is 7.59. The van der Waals surface area contributed by atoms with Crippen molar-refractivity contribution in [1.82, 2.24) is 0 Å². The van der Waals surface area contributed by atoms with E-state index in [0.717, 1.165) is 36.0 Å². The first kappa shape index (κ1) is 23.2. The molecular formula is C24H38O7. The molecule has 0 heterocycles. The molecule has 0 aromatic rings. The number of methoxy groups -OCH3 is 1. The van der Waals surface area contributed by atoms with Gasteiger partial charge in [0.1, 0.15) is 6.61 Å². The van der Waals surface area contributed by atoms with E-state index in [4.69, 9.17) is 28.4 Å². The molecule has 0 amide bonds. The van der Waals surface area contributed by atoms with Gasteiger partial charge >= 0.3 is 5.97 Å². The predicted molar refractivity (Wildman–Crippen MR) is 114 cm³/mol. The van der Waals surface area contributed by atoms with Gasteiger partial charge in [-0.2, -0.15) is 0 Å². The summed E-state index contributed by atoms with van der Waals surface area (Å²) in [5.74, 6) is 4.53. The van der Waals surface area contributed by atoms with Gasteiger partial charge in [0.2, 0.25) is 0 Å². The molecule has 0 aromatic heterocycles. The lowest BCUT2D eigenvalue weighted by molar-refractivity contribution is -0.153. The van der Waals surface area contributed by atoms with Gasteiger partial charge in [0.15, 0.2) is 0 Å². The lowest BCUT2D eigenvalue weighted by Gasteiger charge is -2.35. The molecular weight excluding hydrogens is 400 g/mol. The van der Waals surface area contributed by atoms with Crippen molar-refractivity contribution in [3.05, 3.63) is 12.2 Å². The molecule has 31 heavy (non-hydrogen) atoms. The highest BCUT2D eigenvalue weighted by molar-refractivity contribution is 5.73. The fourth-order valence-corrected chi connectivity index (χ4v) is 6.50. The SMILES string of the molecule is COCCOCCOCCOCCOCCOC(=O)C1CC2CC1C1C3C=CC(C3)C21. The zero-order valence-corrected chi connectivity index (χ0v) is 18.7. The molecule has 0 N–H and O–H groups in total. The smallest absolute Gasteiger partial charge is 0.309 e. The van der Waals surface area contributed by atoms with Gasteiger partial charge in [-0.1, -0.05) is 12.2 Å². The molecule has 4 aliphatic rings. The predicted octanol–water partition coefficient (Wildman–Crippen LogP) is 2.34. The van der Waals surface area contributed by atoms with E-state index in [1.54, 1.807) is 7.11 Å². The van der Waals surface area contributed by atoms with Crippen LogP contribution in [-0.2, 0) is 33.2 Å². The van der Waals surface area contributed by atoms with Crippen LogP contribution in [0.3, 0.4) is 0 Å². The summed E-state index contributed by atoms with van der Waals surface area (Å²) in [7, 11) is 1.65. The standard InChI is InChI=1S/C24H38O7/c1-26-4-5-27-6-7-28-8-9-29-10-11-30-12-13-31-24(25)21-16-19-15-20(21)23-18-3-2-17(14-18)22(19)23/h2-3,17-23H,4-16H2,1H3. The van der Waals surface area contributed by atoms with Crippen molar-refractivity contribution in [2.75, 3.05) is 73.2 Å². The molecule has 4 aliphatic carbocycles. The Morgan fingerprint density at radius 2 is 1.26 bits per heavy atom. The van der Waals surface area contributed by atoms with Crippen molar-refractivity contribution in [1.29, 1.82) is 0 Å². The van der Waals surface area contributed by atoms with Crippen LogP contribution in [0.25, 0.3) is 0 Å². The van der Waals surface area contributed by atoms with Crippen LogP contribution in [0, 0.1) is 41.4 Å². The minimum absolute atomic E-state index is 0.000835. The van der Waals surface area contributed by atoms with Gasteiger partial charge in [-0.25, -0.2) is 0 Å². The molecule has 4 bridgehead atoms. The quantitative estimate of drug-likeness (QED) is 0.159. The highest BCUT2D eigenvalue weighted by Gasteiger charge is 2.62. The lowest BCUT2D eigenvalue weighted by Crippen LogP contribution is -2.35. The molecule has 3 fully saturated rings. The van der Waals surface area contributed by atoms with Crippen molar-refractivity contribution in [2.45, 2.75) is 19.3 Å². The Balaban J connectivity index is 0.962. The van der Waals surface area contributed by atoms with Crippen molar-refractivity contribution >= 4 is 5.97 Å². The molecule has 7 atom stereocenters. The number of ether oxygens (including phenoxy) is 6. The summed E-state index contributed by atoms with van der Waals surface area (Å²) in [5, 5.41) is 0. The minimum Gasteiger partial charge on any atom is -0.463 e. The maximum Gasteiger partial charge on any atom is 0.309 e. The summed E-state index contributed by atoms with van der Waals surface area (Å²) in [6, 6.07) is 0. The monoisotopic (exact) mass is 438 g/mol. The van der Waals surface area contributed by atoms with Gasteiger partial charge < -0.3 is 28.4 Å². The zero-order valence-electron chi connectivity index (χ0n) is 18.7. The van der Waals surface area contributed by atoms with Gasteiger partial charge in [-0.3, -0.25) is 4.79 Å². The van der Waals surface area contributed by atoms with Gasteiger partial charge in [0, 0.05) is 7.11 Å². The molecule has 0 aromatic carbocycles. The number of fused-ring (bicyclic) bond motifs is 9. The number of carbonyl (C=O) groups excluding carboxylic acids is 1. The first-order valence-corrected chi connectivity index (χ1v) is 11.9. The Morgan fingerprint density at radius 3 is 1.87 bits per heavy atom. The number of rotatable bonds is 16. The second kappa shape index (κ2) is 11.8. The van der Waals surface area contributed by atoms with Crippen LogP contribution in [0.15, 0.2) is 12.2 Å². The molecule has 7 nitrogen and oxygen atoms in total. The lowest BCUT2D eigenvalue weighted by atomic mass is 9.69. The number of carbonyl (C=O) groups is 1. The third-order valence-electron chi connectivity index (χ3n) is 7.59. The summed E-state index contributed by atoms with van der Waals surface area (Å²) >= 11 is 0. The highest BCUT2D eigenvalue weighted by atomic mass is 16.6. The van der Waals surface area contributed by atoms with Gasteiger partial charge in [0.05, 0.1) is 65.4 Å². The summed E-state index contributed by atoms with van der Waals surface area (Å²) in [5.41, 5.74) is 0. The van der Waals surface area contributed by atoms with E-state index >= 15 is 0 Å². The molecule has 0 spiro atoms. The summed E-state index contributed by atoms with van der Waals surface area (Å²) < 4.78 is 32.1. The topological polar surface area (TPSA) is 72.5 Å². The molecule has 7 heteroatoms. The van der Waals surface area contributed by atoms with Crippen molar-refractivity contribution in [3.63, 3.8) is 0 Å². The maximum absolute atomic E-state index is 12.6. The first-order valence-electron chi connectivity index (χ1n) is 11.9. The van der Waals surface area contributed by atoms with Crippen LogP contribution >= 0.6 is 0 Å². The van der Waals surface area contributed by atoms with E-state index in [-0.39, 0.29) is 11.9 Å². The molecule has 176 valence electrons. The van der Waals surface area contributed by atoms with E-state index < -0.39 is 0 Å². The van der Waals surface area contributed by atoms with Crippen LogP contribution in [0.5, 0.6) is 0 Å². The summed E-state index contributed by atoms with van der Waals surface area (Å²) in [6.45, 7) is 5.12. The fraction of sp³-hybridized carbons (Fsp3) is 0.875. The zero-order chi connectivity index (χ0) is 21.5. The Hall–Kier alpha value is -0.990. The van der Waals surface area contributed by atoms with E-state index in [0.29, 0.717) is 72.0 Å². The Labute approximate surface area is 185 Å². The van der Waals surface area contributed by atoms with E-state index in [2.05, 4.69) is 12.2 Å². The van der Waals surface area contributed by atoms with Crippen LogP contribution in [0.2, 0.25) is 0 Å². The molecule has 0 saturated heterocycles. The van der Waals surface area contributed by atoms with E-state index in [9.17, 15) is 4.79 Å². The average Bonchev–Trinajstić information content (AvgIpc) is 3.56. The van der Waals surface area contributed by atoms with Crippen molar-refractivity contribution in [3.8, 4) is 0 Å². The normalized spacial score (nSPS) is 34.5. The summed E-state index contributed by atoms with van der Waals surface area (Å²) in [6.07, 6.45) is 8.46. The third kappa shape index (κ3) is 5.69. The van der Waals surface area contributed by atoms with Crippen LogP contribution in [0.1, 0.15) is 19.3 Å². The van der Waals surface area contributed by atoms with E-state index in [1.165, 1.54) is 12.8 Å². The maximum atomic E-state index is 12.6. The molecule has 0 radical (unpaired) electrons. The second-order valence-corrected chi connectivity index (χ2v) is 9.21. The van der Waals surface area contributed by atoms with Gasteiger partial charge in [0.25, 0.3) is 0 Å². The Bertz CT molecular complexity index is 594. The second-order valence-electron chi connectivity index (χ2n) is 9.21. The Morgan fingerprint density at radius 1 is 0.710 bits per heavy atom. The number of allylic oxidation sites excluding steroid dienone is 2. The van der Waals surface area contributed by atoms with Crippen LogP contribution < -0.4 is 0 Å². The first-order chi connectivity index (χ1) is 15.3. The number of hydrogen-bond acceptors (Lipinski definition) is 7. The number of hydrogen-bond donors (Lipinski definition) is 0. The average molecular weight is 439 g/mol. The van der Waals surface area contributed by atoms with Crippen LogP contribution in [-0.4, -0.2) is 79.1 Å². The molecule has 7 unspecified atom stereocenters. The van der Waals surface area contributed by atoms with Crippen molar-refractivity contribution in [2.24, 2.45) is 41.4 Å². The molecule has 0 aliphatic heterocycles. The van der Waals surface area contributed by atoms with Gasteiger partial charge in [-0.15, -0.1) is 0 Å². The Kier molecular flexibility index (Phi) is 8.79. The summed E-state index contributed by atoms with van der Waals surface area (Å²) in [4.78, 5) is 12.6. The van der Waals surface area contributed by atoms with Crippen LogP contribution in [0.4, 0.5) is 0 Å². The van der Waals surface area contributed by atoms with Gasteiger partial charge in [-0.05, 0) is 54.8 Å². The largest absolute Gasteiger partial charge is 0.463 e. The molecule has 4 rings (SSSR count). The fourth-order valence-electron chi connectivity index (χ4n) is 6.50. The minimum atomic E-state index is 0.000835. The molecule has 3 saturated carbocycles. The number of esters is 1. The van der Waals surface area contributed by atoms with E-state index in [1.807, 2.05) is 0 Å². The highest BCUT2D eigenvalue weighted by Crippen LogP contribution is 2.67.